The van der Waals surface area contributed by atoms with Crippen LogP contribution in [-0.4, -0.2) is 56.8 Å². The molecule has 0 saturated carbocycles. The van der Waals surface area contributed by atoms with Gasteiger partial charge in [0.2, 0.25) is 11.8 Å². The van der Waals surface area contributed by atoms with Crippen LogP contribution < -0.4 is 5.32 Å². The van der Waals surface area contributed by atoms with Gasteiger partial charge in [-0.15, -0.1) is 0 Å². The predicted molar refractivity (Wildman–Crippen MR) is 116 cm³/mol. The summed E-state index contributed by atoms with van der Waals surface area (Å²) < 4.78 is 21.3. The first-order chi connectivity index (χ1) is 16.1. The molecule has 3 aromatic heterocycles. The number of esters is 1. The van der Waals surface area contributed by atoms with Crippen LogP contribution in [0, 0.1) is 0 Å². The number of carbonyl (C=O) groups excluding carboxylic acids is 2. The second-order valence-corrected chi connectivity index (χ2v) is 7.94. The molecule has 12 heteroatoms. The maximum Gasteiger partial charge on any atom is 0.407 e. The minimum absolute atomic E-state index is 0.0142. The number of aromatic nitrogens is 3. The molecule has 0 aliphatic heterocycles. The van der Waals surface area contributed by atoms with Gasteiger partial charge >= 0.3 is 18.0 Å². The van der Waals surface area contributed by atoms with Gasteiger partial charge in [-0.3, -0.25) is 0 Å². The maximum atomic E-state index is 12.4. The van der Waals surface area contributed by atoms with Crippen molar-refractivity contribution in [2.75, 3.05) is 13.2 Å². The highest BCUT2D eigenvalue weighted by molar-refractivity contribution is 5.89. The number of pyridine rings is 1. The summed E-state index contributed by atoms with van der Waals surface area (Å²) in [5, 5.41) is 11.7. The summed E-state index contributed by atoms with van der Waals surface area (Å²) in [5.41, 5.74) is -0.515. The van der Waals surface area contributed by atoms with Crippen LogP contribution in [0.3, 0.4) is 0 Å². The van der Waals surface area contributed by atoms with Gasteiger partial charge in [0.1, 0.15) is 29.0 Å². The summed E-state index contributed by atoms with van der Waals surface area (Å²) in [7, 11) is 0. The lowest BCUT2D eigenvalue weighted by Gasteiger charge is -2.19. The van der Waals surface area contributed by atoms with Crippen LogP contribution in [0.5, 0.6) is 0 Å². The molecule has 1 amide bonds. The predicted octanol–water partition coefficient (Wildman–Crippen LogP) is 3.33. The molecule has 180 valence electrons. The van der Waals surface area contributed by atoms with Crippen LogP contribution in [0.25, 0.3) is 23.2 Å². The van der Waals surface area contributed by atoms with Crippen molar-refractivity contribution in [2.24, 2.45) is 0 Å². The van der Waals surface area contributed by atoms with Gasteiger partial charge in [-0.25, -0.2) is 29.3 Å². The van der Waals surface area contributed by atoms with E-state index in [-0.39, 0.29) is 59.9 Å². The Morgan fingerprint density at radius 1 is 1.09 bits per heavy atom. The number of ether oxygens (including phenoxy) is 2. The number of aromatic carboxylic acids is 1. The van der Waals surface area contributed by atoms with E-state index in [0.717, 1.165) is 0 Å². The lowest BCUT2D eigenvalue weighted by atomic mass is 10.2. The minimum Gasteiger partial charge on any atom is -0.477 e. The maximum absolute atomic E-state index is 12.4. The van der Waals surface area contributed by atoms with E-state index in [2.05, 4.69) is 20.3 Å². The first-order valence-electron chi connectivity index (χ1n) is 10.4. The lowest BCUT2D eigenvalue weighted by molar-refractivity contribution is 0.0515. The van der Waals surface area contributed by atoms with E-state index >= 15 is 0 Å². The van der Waals surface area contributed by atoms with Gasteiger partial charge in [-0.05, 0) is 39.8 Å². The van der Waals surface area contributed by atoms with Gasteiger partial charge in [-0.1, -0.05) is 6.07 Å². The molecule has 3 rings (SSSR count). The summed E-state index contributed by atoms with van der Waals surface area (Å²) in [6, 6.07) is 4.39. The third-order valence-electron chi connectivity index (χ3n) is 4.10. The van der Waals surface area contributed by atoms with Crippen LogP contribution in [0.15, 0.2) is 33.3 Å². The van der Waals surface area contributed by atoms with Gasteiger partial charge in [0.15, 0.2) is 11.4 Å². The van der Waals surface area contributed by atoms with Crippen molar-refractivity contribution in [3.8, 4) is 23.2 Å². The Balaban J connectivity index is 1.81. The molecule has 0 aromatic carbocycles. The molecule has 3 aromatic rings. The molecular formula is C22H24N4O8. The number of hydrogen-bond acceptors (Lipinski definition) is 10. The molecule has 0 bridgehead atoms. The van der Waals surface area contributed by atoms with Crippen molar-refractivity contribution in [1.82, 2.24) is 20.3 Å². The Hall–Kier alpha value is -4.22. The van der Waals surface area contributed by atoms with Crippen LogP contribution in [0.1, 0.15) is 54.4 Å². The van der Waals surface area contributed by atoms with E-state index in [1.807, 2.05) is 0 Å². The lowest BCUT2D eigenvalue weighted by Crippen LogP contribution is -2.33. The fraction of sp³-hybridized carbons (Fsp3) is 0.364. The molecule has 0 spiro atoms. The van der Waals surface area contributed by atoms with E-state index < -0.39 is 23.6 Å². The Labute approximate surface area is 194 Å². The van der Waals surface area contributed by atoms with Gasteiger partial charge in [0.05, 0.1) is 6.61 Å². The zero-order chi connectivity index (χ0) is 24.9. The quantitative estimate of drug-likeness (QED) is 0.461. The summed E-state index contributed by atoms with van der Waals surface area (Å²) in [4.78, 5) is 47.8. The normalized spacial score (nSPS) is 11.2. The Kier molecular flexibility index (Phi) is 7.29. The van der Waals surface area contributed by atoms with Crippen molar-refractivity contribution in [3.63, 3.8) is 0 Å². The number of amides is 1. The van der Waals surface area contributed by atoms with Crippen LogP contribution in [0.2, 0.25) is 0 Å². The molecular weight excluding hydrogens is 448 g/mol. The molecule has 0 radical (unpaired) electrons. The van der Waals surface area contributed by atoms with Crippen LogP contribution in [-0.2, 0) is 15.9 Å². The second-order valence-electron chi connectivity index (χ2n) is 7.94. The van der Waals surface area contributed by atoms with E-state index in [1.54, 1.807) is 27.7 Å². The molecule has 0 fully saturated rings. The highest BCUT2D eigenvalue weighted by atomic mass is 16.6. The van der Waals surface area contributed by atoms with Crippen LogP contribution >= 0.6 is 0 Å². The number of rotatable bonds is 8. The average Bonchev–Trinajstić information content (AvgIpc) is 3.40. The van der Waals surface area contributed by atoms with E-state index in [9.17, 15) is 14.4 Å². The number of carboxylic acids is 1. The van der Waals surface area contributed by atoms with Crippen molar-refractivity contribution >= 4 is 18.0 Å². The molecule has 3 heterocycles. The van der Waals surface area contributed by atoms with Gasteiger partial charge < -0.3 is 28.7 Å². The number of oxazole rings is 2. The fourth-order valence-electron chi connectivity index (χ4n) is 2.74. The van der Waals surface area contributed by atoms with E-state index in [0.29, 0.717) is 0 Å². The second kappa shape index (κ2) is 10.1. The third kappa shape index (κ3) is 6.18. The van der Waals surface area contributed by atoms with Gasteiger partial charge in [-0.2, -0.15) is 0 Å². The summed E-state index contributed by atoms with van der Waals surface area (Å²) in [5.74, 6) is -1.67. The minimum atomic E-state index is -1.19. The van der Waals surface area contributed by atoms with Gasteiger partial charge in [0.25, 0.3) is 0 Å². The number of hydrogen-bond donors (Lipinski definition) is 2. The van der Waals surface area contributed by atoms with E-state index in [4.69, 9.17) is 23.4 Å². The Morgan fingerprint density at radius 2 is 1.85 bits per heavy atom. The van der Waals surface area contributed by atoms with Crippen molar-refractivity contribution in [2.45, 2.75) is 39.7 Å². The van der Waals surface area contributed by atoms with Crippen molar-refractivity contribution in [3.05, 3.63) is 41.6 Å². The summed E-state index contributed by atoms with van der Waals surface area (Å²) in [6.07, 6.45) is 0.767. The van der Waals surface area contributed by atoms with Crippen molar-refractivity contribution in [1.29, 1.82) is 0 Å². The Bertz CT molecular complexity index is 1190. The number of carboxylic acid groups (broad SMARTS) is 1. The third-order valence-corrected chi connectivity index (χ3v) is 4.10. The molecule has 0 aliphatic carbocycles. The monoisotopic (exact) mass is 472 g/mol. The number of nitrogens with one attached hydrogen (secondary N) is 1. The Morgan fingerprint density at radius 3 is 2.53 bits per heavy atom. The fourth-order valence-corrected chi connectivity index (χ4v) is 2.74. The zero-order valence-electron chi connectivity index (χ0n) is 19.1. The van der Waals surface area contributed by atoms with Crippen molar-refractivity contribution < 1.29 is 37.8 Å². The largest absolute Gasteiger partial charge is 0.477 e. The molecule has 0 saturated heterocycles. The van der Waals surface area contributed by atoms with Gasteiger partial charge in [0, 0.05) is 13.0 Å². The SMILES string of the molecule is CCOC(=O)c1nc(-c2coc(-c3cccc(C(=O)O)n3)n2)oc1CCNC(=O)OC(C)(C)C. The first kappa shape index (κ1) is 24.4. The highest BCUT2D eigenvalue weighted by Gasteiger charge is 2.24. The molecule has 0 atom stereocenters. The number of nitrogens with zero attached hydrogens (tertiary/aromatic N) is 3. The topological polar surface area (TPSA) is 167 Å². The standard InChI is InChI=1S/C22H24N4O8/c1-5-31-20(29)16-15(9-10-23-21(30)34-22(2,3)4)33-18(26-16)14-11-32-17(25-14)12-7-6-8-13(24-12)19(27)28/h6-8,11H,5,9-10H2,1-4H3,(H,23,30)(H,27,28). The summed E-state index contributed by atoms with van der Waals surface area (Å²) >= 11 is 0. The van der Waals surface area contributed by atoms with E-state index in [1.165, 1.54) is 24.5 Å². The molecule has 34 heavy (non-hydrogen) atoms. The molecule has 0 aliphatic rings. The molecule has 0 unspecified atom stereocenters. The summed E-state index contributed by atoms with van der Waals surface area (Å²) in [6.45, 7) is 7.14. The number of alkyl carbamates (subject to hydrolysis) is 1. The average molecular weight is 472 g/mol. The smallest absolute Gasteiger partial charge is 0.407 e. The zero-order valence-corrected chi connectivity index (χ0v) is 19.1. The first-order valence-corrected chi connectivity index (χ1v) is 10.4. The molecule has 12 nitrogen and oxygen atoms in total. The van der Waals surface area contributed by atoms with Crippen LogP contribution in [0.4, 0.5) is 4.79 Å². The molecule has 2 N–H and O–H groups in total. The highest BCUT2D eigenvalue weighted by Crippen LogP contribution is 2.26. The number of carbonyl (C=O) groups is 3.